The molecule has 0 radical (unpaired) electrons. The Balaban J connectivity index is 2.05. The molecule has 1 saturated heterocycles. The van der Waals surface area contributed by atoms with Crippen molar-refractivity contribution < 1.29 is 14.3 Å². The maximum atomic E-state index is 11.7. The quantitative estimate of drug-likeness (QED) is 0.767. The average Bonchev–Trinajstić information content (AvgIpc) is 2.82. The molecule has 1 aromatic carbocycles. The number of rotatable bonds is 3. The number of imide groups is 1. The van der Waals surface area contributed by atoms with Crippen LogP contribution in [-0.4, -0.2) is 30.1 Å². The molecule has 0 atom stereocenters. The molecule has 0 N–H and O–H groups in total. The van der Waals surface area contributed by atoms with Gasteiger partial charge >= 0.3 is 6.09 Å². The van der Waals surface area contributed by atoms with E-state index in [1.165, 1.54) is 11.6 Å². The van der Waals surface area contributed by atoms with Crippen molar-refractivity contribution >= 4 is 18.1 Å². The highest BCUT2D eigenvalue weighted by molar-refractivity contribution is 6.01. The van der Waals surface area contributed by atoms with Gasteiger partial charge in [0.2, 0.25) is 0 Å². The molecule has 0 bridgehead atoms. The van der Waals surface area contributed by atoms with Crippen LogP contribution in [-0.2, 0) is 16.0 Å². The molecule has 1 heterocycles. The summed E-state index contributed by atoms with van der Waals surface area (Å²) in [5.41, 5.74) is 2.17. The van der Waals surface area contributed by atoms with Crippen molar-refractivity contribution in [3.05, 3.63) is 41.5 Å². The SMILES string of the molecule is CCc1cccc(/C=C/C(=O)N2CCOC2=O)c1. The van der Waals surface area contributed by atoms with E-state index in [1.807, 2.05) is 24.3 Å². The van der Waals surface area contributed by atoms with Gasteiger partial charge in [-0.3, -0.25) is 4.79 Å². The highest BCUT2D eigenvalue weighted by Crippen LogP contribution is 2.09. The number of benzene rings is 1. The summed E-state index contributed by atoms with van der Waals surface area (Å²) in [7, 11) is 0. The molecule has 94 valence electrons. The first kappa shape index (κ1) is 12.4. The summed E-state index contributed by atoms with van der Waals surface area (Å²) < 4.78 is 4.71. The Morgan fingerprint density at radius 1 is 1.50 bits per heavy atom. The Bertz CT molecular complexity index is 494. The van der Waals surface area contributed by atoms with E-state index in [4.69, 9.17) is 4.74 Å². The Hall–Kier alpha value is -2.10. The molecular weight excluding hydrogens is 230 g/mol. The van der Waals surface area contributed by atoms with Gasteiger partial charge < -0.3 is 4.74 Å². The van der Waals surface area contributed by atoms with Gasteiger partial charge in [0.05, 0.1) is 6.54 Å². The summed E-state index contributed by atoms with van der Waals surface area (Å²) in [4.78, 5) is 24.0. The predicted octanol–water partition coefficient (Wildman–Crippen LogP) is 2.24. The van der Waals surface area contributed by atoms with Crippen LogP contribution < -0.4 is 0 Å². The van der Waals surface area contributed by atoms with Crippen LogP contribution in [0.3, 0.4) is 0 Å². The summed E-state index contributed by atoms with van der Waals surface area (Å²) in [6, 6.07) is 7.93. The minimum atomic E-state index is -0.563. The Labute approximate surface area is 106 Å². The fraction of sp³-hybridized carbons (Fsp3) is 0.286. The predicted molar refractivity (Wildman–Crippen MR) is 67.9 cm³/mol. The summed E-state index contributed by atoms with van der Waals surface area (Å²) in [6.45, 7) is 2.69. The minimum absolute atomic E-state index is 0.281. The number of nitrogens with zero attached hydrogens (tertiary/aromatic N) is 1. The van der Waals surface area contributed by atoms with E-state index in [0.717, 1.165) is 16.9 Å². The molecule has 1 aliphatic heterocycles. The lowest BCUT2D eigenvalue weighted by Crippen LogP contribution is -2.29. The second-order valence-electron chi connectivity index (χ2n) is 4.04. The number of hydrogen-bond donors (Lipinski definition) is 0. The van der Waals surface area contributed by atoms with Gasteiger partial charge in [-0.25, -0.2) is 9.69 Å². The van der Waals surface area contributed by atoms with Crippen LogP contribution in [0.15, 0.2) is 30.3 Å². The first-order valence-corrected chi connectivity index (χ1v) is 5.96. The molecule has 1 fully saturated rings. The molecule has 0 saturated carbocycles. The number of amides is 2. The Kier molecular flexibility index (Phi) is 3.77. The van der Waals surface area contributed by atoms with Crippen LogP contribution >= 0.6 is 0 Å². The molecule has 0 spiro atoms. The zero-order chi connectivity index (χ0) is 13.0. The topological polar surface area (TPSA) is 46.6 Å². The van der Waals surface area contributed by atoms with Crippen molar-refractivity contribution in [1.29, 1.82) is 0 Å². The fourth-order valence-electron chi connectivity index (χ4n) is 1.77. The second-order valence-corrected chi connectivity index (χ2v) is 4.04. The van der Waals surface area contributed by atoms with Gasteiger partial charge in [0, 0.05) is 6.08 Å². The Morgan fingerprint density at radius 2 is 2.33 bits per heavy atom. The monoisotopic (exact) mass is 245 g/mol. The van der Waals surface area contributed by atoms with Crippen molar-refractivity contribution in [2.24, 2.45) is 0 Å². The van der Waals surface area contributed by atoms with E-state index < -0.39 is 6.09 Å². The van der Waals surface area contributed by atoms with Gasteiger partial charge in [-0.15, -0.1) is 0 Å². The molecule has 4 nitrogen and oxygen atoms in total. The fourth-order valence-corrected chi connectivity index (χ4v) is 1.77. The van der Waals surface area contributed by atoms with E-state index in [-0.39, 0.29) is 12.5 Å². The molecule has 0 aromatic heterocycles. The minimum Gasteiger partial charge on any atom is -0.447 e. The van der Waals surface area contributed by atoms with Crippen LogP contribution in [0.4, 0.5) is 4.79 Å². The summed E-state index contributed by atoms with van der Waals surface area (Å²) in [5, 5.41) is 0. The normalized spacial score (nSPS) is 15.2. The van der Waals surface area contributed by atoms with Crippen molar-refractivity contribution in [2.45, 2.75) is 13.3 Å². The van der Waals surface area contributed by atoms with Crippen LogP contribution in [0.1, 0.15) is 18.1 Å². The van der Waals surface area contributed by atoms with E-state index in [2.05, 4.69) is 6.92 Å². The van der Waals surface area contributed by atoms with Crippen LogP contribution in [0, 0.1) is 0 Å². The number of carbonyl (C=O) groups excluding carboxylic acids is 2. The van der Waals surface area contributed by atoms with E-state index >= 15 is 0 Å². The Morgan fingerprint density at radius 3 is 3.00 bits per heavy atom. The summed E-state index contributed by atoms with van der Waals surface area (Å²) in [5.74, 6) is -0.334. The summed E-state index contributed by atoms with van der Waals surface area (Å²) in [6.07, 6.45) is 3.51. The highest BCUT2D eigenvalue weighted by atomic mass is 16.6. The van der Waals surface area contributed by atoms with Crippen molar-refractivity contribution in [2.75, 3.05) is 13.2 Å². The highest BCUT2D eigenvalue weighted by Gasteiger charge is 2.26. The molecule has 4 heteroatoms. The van der Waals surface area contributed by atoms with Gasteiger partial charge in [-0.05, 0) is 23.6 Å². The maximum absolute atomic E-state index is 11.7. The van der Waals surface area contributed by atoms with Crippen LogP contribution in [0.5, 0.6) is 0 Å². The number of hydrogen-bond acceptors (Lipinski definition) is 3. The van der Waals surface area contributed by atoms with Gasteiger partial charge in [-0.1, -0.05) is 31.2 Å². The number of carbonyl (C=O) groups is 2. The van der Waals surface area contributed by atoms with Crippen LogP contribution in [0.25, 0.3) is 6.08 Å². The van der Waals surface area contributed by atoms with Crippen molar-refractivity contribution in [3.63, 3.8) is 0 Å². The van der Waals surface area contributed by atoms with Crippen molar-refractivity contribution in [3.8, 4) is 0 Å². The molecule has 0 unspecified atom stereocenters. The molecular formula is C14H15NO3. The van der Waals surface area contributed by atoms with E-state index in [9.17, 15) is 9.59 Å². The van der Waals surface area contributed by atoms with E-state index in [0.29, 0.717) is 6.54 Å². The van der Waals surface area contributed by atoms with Gasteiger partial charge in [0.1, 0.15) is 6.61 Å². The second kappa shape index (κ2) is 5.49. The lowest BCUT2D eigenvalue weighted by atomic mass is 10.1. The lowest BCUT2D eigenvalue weighted by Gasteiger charge is -2.06. The number of cyclic esters (lactones) is 1. The molecule has 0 aliphatic carbocycles. The van der Waals surface area contributed by atoms with Crippen LogP contribution in [0.2, 0.25) is 0 Å². The smallest absolute Gasteiger partial charge is 0.416 e. The third kappa shape index (κ3) is 2.77. The third-order valence-corrected chi connectivity index (χ3v) is 2.80. The largest absolute Gasteiger partial charge is 0.447 e. The zero-order valence-electron chi connectivity index (χ0n) is 10.3. The lowest BCUT2D eigenvalue weighted by molar-refractivity contribution is -0.122. The van der Waals surface area contributed by atoms with E-state index in [1.54, 1.807) is 6.08 Å². The van der Waals surface area contributed by atoms with Gasteiger partial charge in [0.15, 0.2) is 0 Å². The number of aryl methyl sites for hydroxylation is 1. The van der Waals surface area contributed by atoms with Crippen molar-refractivity contribution in [1.82, 2.24) is 4.90 Å². The maximum Gasteiger partial charge on any atom is 0.416 e. The third-order valence-electron chi connectivity index (χ3n) is 2.80. The molecule has 2 rings (SSSR count). The standard InChI is InChI=1S/C14H15NO3/c1-2-11-4-3-5-12(10-11)6-7-13(16)15-8-9-18-14(15)17/h3-7,10H,2,8-9H2,1H3/b7-6+. The van der Waals surface area contributed by atoms with Gasteiger partial charge in [-0.2, -0.15) is 0 Å². The first-order valence-electron chi connectivity index (χ1n) is 5.96. The zero-order valence-corrected chi connectivity index (χ0v) is 10.3. The first-order chi connectivity index (χ1) is 8.70. The molecule has 1 aromatic rings. The van der Waals surface area contributed by atoms with Gasteiger partial charge in [0.25, 0.3) is 5.91 Å². The average molecular weight is 245 g/mol. The molecule has 18 heavy (non-hydrogen) atoms. The summed E-state index contributed by atoms with van der Waals surface area (Å²) >= 11 is 0. The number of ether oxygens (including phenoxy) is 1. The molecule has 1 aliphatic rings. The molecule has 2 amide bonds.